The molecular weight excluding hydrogens is 524 g/mol. The van der Waals surface area contributed by atoms with Crippen LogP contribution in [0.15, 0.2) is 66.7 Å². The lowest BCUT2D eigenvalue weighted by atomic mass is 10.1. The highest BCUT2D eigenvalue weighted by atomic mass is 16.6. The van der Waals surface area contributed by atoms with Crippen LogP contribution in [0.4, 0.5) is 10.5 Å². The fourth-order valence-electron chi connectivity index (χ4n) is 4.39. The van der Waals surface area contributed by atoms with Crippen LogP contribution in [0.2, 0.25) is 0 Å². The van der Waals surface area contributed by atoms with Gasteiger partial charge in [0, 0.05) is 18.6 Å². The number of esters is 1. The summed E-state index contributed by atoms with van der Waals surface area (Å²) in [5.41, 5.74) is 4.19. The summed E-state index contributed by atoms with van der Waals surface area (Å²) in [7, 11) is 0. The highest BCUT2D eigenvalue weighted by Crippen LogP contribution is 2.27. The van der Waals surface area contributed by atoms with Crippen molar-refractivity contribution >= 4 is 28.8 Å². The summed E-state index contributed by atoms with van der Waals surface area (Å²) in [4.78, 5) is 41.7. The summed E-state index contributed by atoms with van der Waals surface area (Å²) >= 11 is 0. The van der Waals surface area contributed by atoms with Gasteiger partial charge in [-0.15, -0.1) is 0 Å². The predicted molar refractivity (Wildman–Crippen MR) is 155 cm³/mol. The predicted octanol–water partition coefficient (Wildman–Crippen LogP) is 6.12. The third kappa shape index (κ3) is 7.47. The lowest BCUT2D eigenvalue weighted by Gasteiger charge is -2.23. The number of nitrogens with zero attached hydrogens (tertiary/aromatic N) is 3. The number of non-ortho nitro benzene ring substituents is 1. The largest absolute Gasteiger partial charge is 0.459 e. The number of aromatic nitrogens is 2. The van der Waals surface area contributed by atoms with Gasteiger partial charge in [-0.1, -0.05) is 36.4 Å². The number of imidazole rings is 1. The number of rotatable bonds is 9. The van der Waals surface area contributed by atoms with E-state index in [-0.39, 0.29) is 25.1 Å². The number of nitro benzene ring substituents is 1. The number of carbonyl (C=O) groups excluding carboxylic acids is 2. The Labute approximate surface area is 238 Å². The van der Waals surface area contributed by atoms with Crippen LogP contribution in [0.1, 0.15) is 49.7 Å². The molecule has 3 aromatic carbocycles. The number of ether oxygens (including phenoxy) is 2. The van der Waals surface area contributed by atoms with Gasteiger partial charge in [-0.3, -0.25) is 14.7 Å². The third-order valence-electron chi connectivity index (χ3n) is 6.49. The maximum atomic E-state index is 13.2. The Balaban J connectivity index is 1.66. The zero-order chi connectivity index (χ0) is 29.7. The maximum absolute atomic E-state index is 13.2. The summed E-state index contributed by atoms with van der Waals surface area (Å²) < 4.78 is 12.8. The number of alkyl carbamates (subject to hydrolysis) is 1. The van der Waals surface area contributed by atoms with E-state index in [9.17, 15) is 19.7 Å². The summed E-state index contributed by atoms with van der Waals surface area (Å²) in [5, 5.41) is 14.2. The average molecular weight is 559 g/mol. The lowest BCUT2D eigenvalue weighted by Crippen LogP contribution is -2.44. The molecule has 0 fully saturated rings. The van der Waals surface area contributed by atoms with Gasteiger partial charge in [0.2, 0.25) is 0 Å². The van der Waals surface area contributed by atoms with Crippen LogP contribution in [-0.4, -0.2) is 38.2 Å². The van der Waals surface area contributed by atoms with Crippen LogP contribution in [0.3, 0.4) is 0 Å². The van der Waals surface area contributed by atoms with Crippen LogP contribution >= 0.6 is 0 Å². The van der Waals surface area contributed by atoms with Gasteiger partial charge in [0.05, 0.1) is 21.6 Å². The molecule has 0 saturated heterocycles. The number of fused-ring (bicyclic) bond motifs is 1. The Morgan fingerprint density at radius 3 is 2.41 bits per heavy atom. The zero-order valence-corrected chi connectivity index (χ0v) is 23.8. The SMILES string of the molecule is Cc1cc2nc(CCC(NC(=O)OC(C)(C)C)C(=O)OCc3ccccc3)n(-c3cccc([N+](=O)[O-])c3)c2cc1C. The first-order chi connectivity index (χ1) is 19.4. The molecule has 214 valence electrons. The first-order valence-corrected chi connectivity index (χ1v) is 13.3. The van der Waals surface area contributed by atoms with Crippen LogP contribution in [0.5, 0.6) is 0 Å². The van der Waals surface area contributed by atoms with E-state index in [1.807, 2.05) is 60.9 Å². The number of nitrogens with one attached hydrogen (secondary N) is 1. The summed E-state index contributed by atoms with van der Waals surface area (Å²) in [6, 6.07) is 18.5. The van der Waals surface area contributed by atoms with Crippen molar-refractivity contribution in [2.24, 2.45) is 0 Å². The van der Waals surface area contributed by atoms with E-state index in [4.69, 9.17) is 14.5 Å². The topological polar surface area (TPSA) is 126 Å². The van der Waals surface area contributed by atoms with Crippen molar-refractivity contribution in [2.75, 3.05) is 0 Å². The van der Waals surface area contributed by atoms with Crippen molar-refractivity contribution in [3.8, 4) is 5.69 Å². The molecule has 10 heteroatoms. The van der Waals surface area contributed by atoms with Gasteiger partial charge < -0.3 is 14.8 Å². The fourth-order valence-corrected chi connectivity index (χ4v) is 4.39. The average Bonchev–Trinajstić information content (AvgIpc) is 3.26. The van der Waals surface area contributed by atoms with E-state index in [0.29, 0.717) is 11.5 Å². The molecular formula is C31H34N4O6. The molecule has 0 aliphatic heterocycles. The van der Waals surface area contributed by atoms with E-state index in [1.165, 1.54) is 12.1 Å². The second kappa shape index (κ2) is 12.2. The van der Waals surface area contributed by atoms with Gasteiger partial charge in [0.1, 0.15) is 24.1 Å². The van der Waals surface area contributed by atoms with Crippen molar-refractivity contribution in [3.05, 3.63) is 99.4 Å². The molecule has 0 saturated carbocycles. The van der Waals surface area contributed by atoms with Crippen molar-refractivity contribution in [1.29, 1.82) is 0 Å². The van der Waals surface area contributed by atoms with Crippen molar-refractivity contribution in [3.63, 3.8) is 0 Å². The van der Waals surface area contributed by atoms with Crippen LogP contribution in [0, 0.1) is 24.0 Å². The number of aryl methyl sites for hydroxylation is 3. The van der Waals surface area contributed by atoms with E-state index in [2.05, 4.69) is 5.32 Å². The molecule has 1 heterocycles. The fraction of sp³-hybridized carbons (Fsp3) is 0.323. The minimum Gasteiger partial charge on any atom is -0.459 e. The molecule has 1 unspecified atom stereocenters. The Kier molecular flexibility index (Phi) is 8.71. The van der Waals surface area contributed by atoms with Crippen molar-refractivity contribution in [2.45, 2.75) is 65.7 Å². The molecule has 0 spiro atoms. The normalized spacial score (nSPS) is 12.1. The number of hydrogen-bond donors (Lipinski definition) is 1. The van der Waals surface area contributed by atoms with E-state index >= 15 is 0 Å². The highest BCUT2D eigenvalue weighted by molar-refractivity contribution is 5.82. The quantitative estimate of drug-likeness (QED) is 0.149. The zero-order valence-electron chi connectivity index (χ0n) is 23.8. The molecule has 1 aromatic heterocycles. The smallest absolute Gasteiger partial charge is 0.408 e. The lowest BCUT2D eigenvalue weighted by molar-refractivity contribution is -0.384. The van der Waals surface area contributed by atoms with Crippen LogP contribution in [-0.2, 0) is 27.3 Å². The third-order valence-corrected chi connectivity index (χ3v) is 6.49. The van der Waals surface area contributed by atoms with E-state index in [1.54, 1.807) is 32.9 Å². The number of hydrogen-bond acceptors (Lipinski definition) is 7. The Morgan fingerprint density at radius 2 is 1.73 bits per heavy atom. The molecule has 1 atom stereocenters. The minimum absolute atomic E-state index is 0.0481. The van der Waals surface area contributed by atoms with E-state index in [0.717, 1.165) is 27.7 Å². The molecule has 1 amide bonds. The maximum Gasteiger partial charge on any atom is 0.408 e. The minimum atomic E-state index is -1.02. The molecule has 41 heavy (non-hydrogen) atoms. The molecule has 0 bridgehead atoms. The standard InChI is InChI=1S/C31H34N4O6/c1-20-16-26-27(17-21(20)2)34(23-12-9-13-24(18-23)35(38)39)28(32-26)15-14-25(33-30(37)41-31(3,4)5)29(36)40-19-22-10-7-6-8-11-22/h6-13,16-18,25H,14-15,19H2,1-5H3,(H,33,37). The first-order valence-electron chi connectivity index (χ1n) is 13.3. The van der Waals surface area contributed by atoms with Crippen LogP contribution < -0.4 is 5.32 Å². The molecule has 4 rings (SSSR count). The second-order valence-electron chi connectivity index (χ2n) is 10.9. The van der Waals surface area contributed by atoms with Gasteiger partial charge in [-0.25, -0.2) is 14.6 Å². The first kappa shape index (κ1) is 29.3. The van der Waals surface area contributed by atoms with Gasteiger partial charge >= 0.3 is 12.1 Å². The monoisotopic (exact) mass is 558 g/mol. The van der Waals surface area contributed by atoms with Gasteiger partial charge in [0.15, 0.2) is 0 Å². The number of carbonyl (C=O) groups is 2. The molecule has 0 aliphatic carbocycles. The number of benzene rings is 3. The molecule has 10 nitrogen and oxygen atoms in total. The van der Waals surface area contributed by atoms with Gasteiger partial charge in [0.25, 0.3) is 5.69 Å². The van der Waals surface area contributed by atoms with Crippen molar-refractivity contribution in [1.82, 2.24) is 14.9 Å². The van der Waals surface area contributed by atoms with Gasteiger partial charge in [-0.2, -0.15) is 0 Å². The summed E-state index contributed by atoms with van der Waals surface area (Å²) in [6.45, 7) is 9.24. The molecule has 1 N–H and O–H groups in total. The summed E-state index contributed by atoms with van der Waals surface area (Å²) in [6.07, 6.45) is -0.322. The molecule has 0 aliphatic rings. The van der Waals surface area contributed by atoms with Gasteiger partial charge in [-0.05, 0) is 75.9 Å². The highest BCUT2D eigenvalue weighted by Gasteiger charge is 2.27. The Bertz CT molecular complexity index is 1570. The number of amides is 1. The van der Waals surface area contributed by atoms with Crippen molar-refractivity contribution < 1.29 is 24.0 Å². The van der Waals surface area contributed by atoms with E-state index < -0.39 is 28.6 Å². The molecule has 0 radical (unpaired) electrons. The Morgan fingerprint density at radius 1 is 1.02 bits per heavy atom. The summed E-state index contributed by atoms with van der Waals surface area (Å²) in [5.74, 6) is -0.0262. The number of nitro groups is 1. The Hall–Kier alpha value is -4.73. The van der Waals surface area contributed by atoms with Crippen LogP contribution in [0.25, 0.3) is 16.7 Å². The second-order valence-corrected chi connectivity index (χ2v) is 10.9. The molecule has 4 aromatic rings.